The Labute approximate surface area is 176 Å². The minimum Gasteiger partial charge on any atom is -0.491 e. The third-order valence-corrected chi connectivity index (χ3v) is 5.60. The Morgan fingerprint density at radius 3 is 2.77 bits per heavy atom. The van der Waals surface area contributed by atoms with Crippen LogP contribution in [0.15, 0.2) is 60.8 Å². The van der Waals surface area contributed by atoms with E-state index in [1.165, 1.54) is 11.1 Å². The number of rotatable bonds is 4. The van der Waals surface area contributed by atoms with Crippen molar-refractivity contribution in [2.24, 2.45) is 0 Å². The van der Waals surface area contributed by atoms with E-state index < -0.39 is 0 Å². The number of aromatic amines is 1. The minimum absolute atomic E-state index is 0.135. The molecule has 0 atom stereocenters. The minimum atomic E-state index is 0.135. The van der Waals surface area contributed by atoms with Crippen LogP contribution in [0.2, 0.25) is 0 Å². The molecule has 0 spiro atoms. The molecule has 0 bridgehead atoms. The van der Waals surface area contributed by atoms with Crippen molar-refractivity contribution >= 4 is 16.7 Å². The number of ether oxygens (including phenoxy) is 1. The molecule has 0 fully saturated rings. The van der Waals surface area contributed by atoms with Crippen molar-refractivity contribution in [2.75, 3.05) is 11.4 Å². The van der Waals surface area contributed by atoms with Crippen molar-refractivity contribution in [1.29, 1.82) is 0 Å². The molecule has 2 aromatic heterocycles. The van der Waals surface area contributed by atoms with Gasteiger partial charge in [-0.25, -0.2) is 4.98 Å². The normalized spacial score (nSPS) is 14.0. The lowest BCUT2D eigenvalue weighted by molar-refractivity contribution is 0.243. The maximum atomic E-state index is 5.89. The van der Waals surface area contributed by atoms with Gasteiger partial charge in [-0.2, -0.15) is 5.10 Å². The van der Waals surface area contributed by atoms with Gasteiger partial charge in [0.2, 0.25) is 0 Å². The molecule has 1 aliphatic rings. The molecule has 0 amide bonds. The summed E-state index contributed by atoms with van der Waals surface area (Å²) in [6.07, 6.45) is 4.27. The van der Waals surface area contributed by atoms with Gasteiger partial charge in [-0.05, 0) is 68.1 Å². The number of H-pyrrole nitrogens is 1. The van der Waals surface area contributed by atoms with Crippen molar-refractivity contribution < 1.29 is 4.74 Å². The first kappa shape index (κ1) is 18.7. The van der Waals surface area contributed by atoms with Gasteiger partial charge in [0.1, 0.15) is 17.3 Å². The van der Waals surface area contributed by atoms with Crippen LogP contribution in [0, 0.1) is 0 Å². The molecule has 0 aliphatic carbocycles. The number of nitrogens with one attached hydrogen (secondary N) is 1. The summed E-state index contributed by atoms with van der Waals surface area (Å²) in [5.74, 6) is 1.86. The molecule has 30 heavy (non-hydrogen) atoms. The molecule has 5 rings (SSSR count). The summed E-state index contributed by atoms with van der Waals surface area (Å²) in [6, 6.07) is 19.0. The zero-order chi connectivity index (χ0) is 20.5. The van der Waals surface area contributed by atoms with Crippen LogP contribution in [-0.2, 0) is 13.0 Å². The van der Waals surface area contributed by atoms with Gasteiger partial charge in [-0.3, -0.25) is 5.10 Å². The van der Waals surface area contributed by atoms with E-state index in [2.05, 4.69) is 56.5 Å². The number of pyridine rings is 1. The zero-order valence-electron chi connectivity index (χ0n) is 17.4. The lowest BCUT2D eigenvalue weighted by atomic mass is 10.0. The molecule has 0 saturated heterocycles. The first-order valence-corrected chi connectivity index (χ1v) is 10.6. The number of benzene rings is 2. The quantitative estimate of drug-likeness (QED) is 0.502. The monoisotopic (exact) mass is 398 g/mol. The number of aryl methyl sites for hydroxylation is 1. The van der Waals surface area contributed by atoms with Gasteiger partial charge in [0.25, 0.3) is 0 Å². The van der Waals surface area contributed by atoms with Crippen LogP contribution in [0.1, 0.15) is 31.4 Å². The standard InChI is InChI=1S/C25H26N4O/c1-17(2)30-21-9-10-23-22(15-21)25(28-27-23)19-11-12-26-24(14-19)29-13-5-8-18-6-3-4-7-20(18)16-29/h3-4,6-7,9-12,14-15,17H,5,8,13,16H2,1-2H3,(H,27,28). The van der Waals surface area contributed by atoms with E-state index in [4.69, 9.17) is 4.74 Å². The Kier molecular flexibility index (Phi) is 4.87. The van der Waals surface area contributed by atoms with Crippen LogP contribution in [0.3, 0.4) is 0 Å². The summed E-state index contributed by atoms with van der Waals surface area (Å²) in [4.78, 5) is 7.06. The summed E-state index contributed by atoms with van der Waals surface area (Å²) in [5, 5.41) is 8.81. The van der Waals surface area contributed by atoms with Crippen LogP contribution in [0.5, 0.6) is 5.75 Å². The molecule has 0 unspecified atom stereocenters. The third-order valence-electron chi connectivity index (χ3n) is 5.60. The van der Waals surface area contributed by atoms with Crippen LogP contribution >= 0.6 is 0 Å². The first-order chi connectivity index (χ1) is 14.7. The second-order valence-electron chi connectivity index (χ2n) is 8.14. The highest BCUT2D eigenvalue weighted by atomic mass is 16.5. The largest absolute Gasteiger partial charge is 0.491 e. The number of fused-ring (bicyclic) bond motifs is 2. The zero-order valence-corrected chi connectivity index (χ0v) is 17.4. The number of nitrogens with zero attached hydrogens (tertiary/aromatic N) is 3. The Hall–Kier alpha value is -3.34. The Balaban J connectivity index is 1.49. The summed E-state index contributed by atoms with van der Waals surface area (Å²) >= 11 is 0. The molecular formula is C25H26N4O. The lowest BCUT2D eigenvalue weighted by Crippen LogP contribution is -2.23. The van der Waals surface area contributed by atoms with E-state index in [0.29, 0.717) is 0 Å². The van der Waals surface area contributed by atoms with Gasteiger partial charge in [0.05, 0.1) is 11.6 Å². The lowest BCUT2D eigenvalue weighted by Gasteiger charge is -2.22. The van der Waals surface area contributed by atoms with Gasteiger partial charge < -0.3 is 9.64 Å². The fourth-order valence-corrected chi connectivity index (χ4v) is 4.19. The summed E-state index contributed by atoms with van der Waals surface area (Å²) in [6.45, 7) is 5.96. The highest BCUT2D eigenvalue weighted by Gasteiger charge is 2.17. The third kappa shape index (κ3) is 3.63. The highest BCUT2D eigenvalue weighted by Crippen LogP contribution is 2.32. The number of anilines is 1. The topological polar surface area (TPSA) is 54.0 Å². The highest BCUT2D eigenvalue weighted by molar-refractivity contribution is 5.94. The number of aromatic nitrogens is 3. The second-order valence-corrected chi connectivity index (χ2v) is 8.14. The molecule has 5 heteroatoms. The van der Waals surface area contributed by atoms with E-state index >= 15 is 0 Å². The van der Waals surface area contributed by atoms with Gasteiger partial charge in [0, 0.05) is 30.2 Å². The molecule has 152 valence electrons. The maximum absolute atomic E-state index is 5.89. The molecule has 5 nitrogen and oxygen atoms in total. The maximum Gasteiger partial charge on any atom is 0.129 e. The van der Waals surface area contributed by atoms with Crippen LogP contribution in [0.25, 0.3) is 22.2 Å². The molecule has 1 aliphatic heterocycles. The molecule has 1 N–H and O–H groups in total. The van der Waals surface area contributed by atoms with Crippen LogP contribution < -0.4 is 9.64 Å². The second kappa shape index (κ2) is 7.82. The predicted octanol–water partition coefficient (Wildman–Crippen LogP) is 5.36. The Bertz CT molecular complexity index is 1180. The summed E-state index contributed by atoms with van der Waals surface area (Å²) in [5.41, 5.74) is 5.83. The molecular weight excluding hydrogens is 372 g/mol. The fraction of sp³-hybridized carbons (Fsp3) is 0.280. The van der Waals surface area contributed by atoms with E-state index in [9.17, 15) is 0 Å². The Morgan fingerprint density at radius 2 is 1.90 bits per heavy atom. The van der Waals surface area contributed by atoms with Gasteiger partial charge in [0.15, 0.2) is 0 Å². The SMILES string of the molecule is CC(C)Oc1ccc2[nH]nc(-c3ccnc(N4CCCc5ccccc5C4)c3)c2c1. The molecule has 4 aromatic rings. The number of hydrogen-bond donors (Lipinski definition) is 1. The van der Waals surface area contributed by atoms with Gasteiger partial charge >= 0.3 is 0 Å². The summed E-state index contributed by atoms with van der Waals surface area (Å²) < 4.78 is 5.89. The molecule has 0 radical (unpaired) electrons. The van der Waals surface area contributed by atoms with Crippen molar-refractivity contribution in [3.05, 3.63) is 71.9 Å². The van der Waals surface area contributed by atoms with Crippen molar-refractivity contribution in [3.63, 3.8) is 0 Å². The predicted molar refractivity (Wildman–Crippen MR) is 121 cm³/mol. The fourth-order valence-electron chi connectivity index (χ4n) is 4.19. The van der Waals surface area contributed by atoms with Crippen molar-refractivity contribution in [3.8, 4) is 17.0 Å². The van der Waals surface area contributed by atoms with E-state index in [1.807, 2.05) is 38.2 Å². The Morgan fingerprint density at radius 1 is 1.03 bits per heavy atom. The van der Waals surface area contributed by atoms with Gasteiger partial charge in [-0.1, -0.05) is 24.3 Å². The molecule has 3 heterocycles. The smallest absolute Gasteiger partial charge is 0.129 e. The summed E-state index contributed by atoms with van der Waals surface area (Å²) in [7, 11) is 0. The van der Waals surface area contributed by atoms with Crippen LogP contribution in [0.4, 0.5) is 5.82 Å². The van der Waals surface area contributed by atoms with Crippen molar-refractivity contribution in [1.82, 2.24) is 15.2 Å². The average Bonchev–Trinajstić information content (AvgIpc) is 3.04. The van der Waals surface area contributed by atoms with Gasteiger partial charge in [-0.15, -0.1) is 0 Å². The van der Waals surface area contributed by atoms with Crippen molar-refractivity contribution in [2.45, 2.75) is 39.3 Å². The van der Waals surface area contributed by atoms with Crippen LogP contribution in [-0.4, -0.2) is 27.8 Å². The average molecular weight is 399 g/mol. The van der Waals surface area contributed by atoms with E-state index in [-0.39, 0.29) is 6.10 Å². The molecule has 0 saturated carbocycles. The van der Waals surface area contributed by atoms with E-state index in [0.717, 1.165) is 59.7 Å². The number of hydrogen-bond acceptors (Lipinski definition) is 4. The molecule has 2 aromatic carbocycles. The van der Waals surface area contributed by atoms with E-state index in [1.54, 1.807) is 0 Å². The first-order valence-electron chi connectivity index (χ1n) is 10.6.